The van der Waals surface area contributed by atoms with Crippen LogP contribution in [-0.4, -0.2) is 61.2 Å². The molecule has 0 aromatic heterocycles. The zero-order valence-corrected chi connectivity index (χ0v) is 25.9. The Bertz CT molecular complexity index is 2070. The number of thioether (sulfide) groups is 1. The summed E-state index contributed by atoms with van der Waals surface area (Å²) in [5, 5.41) is -3.42. The lowest BCUT2D eigenvalue weighted by Crippen LogP contribution is -2.52. The number of carbonyl (C=O) groups is 2. The lowest BCUT2D eigenvalue weighted by Gasteiger charge is -2.44. The van der Waals surface area contributed by atoms with E-state index in [9.17, 15) is 44.0 Å². The Morgan fingerprint density at radius 2 is 1.40 bits per heavy atom. The maximum atomic E-state index is 14.7. The van der Waals surface area contributed by atoms with E-state index < -0.39 is 106 Å². The average Bonchev–Trinajstić information content (AvgIpc) is 3.64. The van der Waals surface area contributed by atoms with Crippen molar-refractivity contribution in [2.75, 3.05) is 0 Å². The van der Waals surface area contributed by atoms with Crippen LogP contribution in [0.25, 0.3) is 0 Å². The van der Waals surface area contributed by atoms with Crippen LogP contribution in [-0.2, 0) is 34.5 Å². The van der Waals surface area contributed by atoms with Gasteiger partial charge in [-0.25, -0.2) is 21.9 Å². The van der Waals surface area contributed by atoms with Crippen molar-refractivity contribution in [2.24, 2.45) is 11.8 Å². The molecule has 9 rings (SSSR count). The summed E-state index contributed by atoms with van der Waals surface area (Å²) >= 11 is 1.00. The first kappa shape index (κ1) is 30.8. The lowest BCUT2D eigenvalue weighted by molar-refractivity contribution is -0.159. The van der Waals surface area contributed by atoms with Crippen LogP contribution in [0.3, 0.4) is 0 Å². The van der Waals surface area contributed by atoms with Crippen molar-refractivity contribution in [1.82, 2.24) is 4.72 Å². The van der Waals surface area contributed by atoms with E-state index in [4.69, 9.17) is 9.29 Å². The van der Waals surface area contributed by atoms with Gasteiger partial charge in [-0.05, 0) is 28.7 Å². The zero-order chi connectivity index (χ0) is 33.3. The Morgan fingerprint density at radius 3 is 1.96 bits per heavy atom. The van der Waals surface area contributed by atoms with Crippen molar-refractivity contribution in [3.8, 4) is 5.75 Å². The number of hydrogen-bond acceptors (Lipinski definition) is 9. The molecule has 7 atom stereocenters. The molecule has 3 fully saturated rings. The van der Waals surface area contributed by atoms with Gasteiger partial charge >= 0.3 is 22.1 Å². The fraction of sp³-hybridized carbons (Fsp3) is 0.333. The van der Waals surface area contributed by atoms with E-state index in [1.165, 1.54) is 0 Å². The topological polar surface area (TPSA) is 153 Å². The molecule has 3 aromatic rings. The van der Waals surface area contributed by atoms with Crippen molar-refractivity contribution < 1.29 is 58.0 Å². The van der Waals surface area contributed by atoms with Crippen LogP contribution in [0.15, 0.2) is 53.4 Å². The van der Waals surface area contributed by atoms with Crippen molar-refractivity contribution >= 4 is 43.8 Å². The van der Waals surface area contributed by atoms with Crippen molar-refractivity contribution in [3.63, 3.8) is 0 Å². The molecular weight excluding hydrogens is 691 g/mol. The summed E-state index contributed by atoms with van der Waals surface area (Å²) in [5.74, 6) is -17.0. The molecule has 3 aliphatic heterocycles. The highest BCUT2D eigenvalue weighted by Crippen LogP contribution is 2.59. The summed E-state index contributed by atoms with van der Waals surface area (Å²) in [4.78, 5) is 25.0. The zero-order valence-electron chi connectivity index (χ0n) is 23.5. The summed E-state index contributed by atoms with van der Waals surface area (Å²) in [6, 6.07) is 14.6. The smallest absolute Gasteiger partial charge is 0.317 e. The number of carbonyl (C=O) groups excluding carboxylic acids is 2. The van der Waals surface area contributed by atoms with E-state index in [2.05, 4.69) is 9.46 Å². The second-order valence-corrected chi connectivity index (χ2v) is 16.7. The molecule has 3 saturated heterocycles. The first-order valence-corrected chi connectivity index (χ1v) is 18.2. The number of benzene rings is 3. The second-order valence-electron chi connectivity index (χ2n) is 12.1. The normalized spacial score (nSPS) is 32.1. The minimum Gasteiger partial charge on any atom is -0.459 e. The summed E-state index contributed by atoms with van der Waals surface area (Å²) in [6.07, 6.45) is -0.787. The van der Waals surface area contributed by atoms with Crippen LogP contribution in [0, 0.1) is 35.1 Å². The van der Waals surface area contributed by atoms with Gasteiger partial charge in [0.25, 0.3) is 0 Å². The molecule has 10 nitrogen and oxygen atoms in total. The van der Waals surface area contributed by atoms with Crippen LogP contribution in [0.5, 0.6) is 5.75 Å². The number of ether oxygens (including phenoxy) is 2. The predicted octanol–water partition coefficient (Wildman–Crippen LogP) is 3.39. The number of hydrogen-bond donors (Lipinski definition) is 2. The van der Waals surface area contributed by atoms with E-state index in [-0.39, 0.29) is 11.8 Å². The number of nitrogens with one attached hydrogen (secondary N) is 1. The number of rotatable bonds is 5. The monoisotopic (exact) mass is 711 g/mol. The van der Waals surface area contributed by atoms with Gasteiger partial charge in [0.05, 0.1) is 23.1 Å². The van der Waals surface area contributed by atoms with Crippen molar-refractivity contribution in [2.45, 2.75) is 51.0 Å². The molecule has 7 unspecified atom stereocenters. The third kappa shape index (κ3) is 4.29. The molecule has 3 heterocycles. The number of halogens is 4. The van der Waals surface area contributed by atoms with Gasteiger partial charge in [0.1, 0.15) is 11.4 Å². The van der Waals surface area contributed by atoms with Crippen LogP contribution in [0.4, 0.5) is 17.6 Å². The maximum Gasteiger partial charge on any atom is 0.317 e. The number of fused-ring (bicyclic) bond motifs is 2. The Morgan fingerprint density at radius 1 is 0.851 bits per heavy atom. The van der Waals surface area contributed by atoms with Crippen LogP contribution in [0.1, 0.15) is 40.5 Å². The third-order valence-electron chi connectivity index (χ3n) is 9.81. The molecular formula is C30H21F4NO9S3. The molecule has 0 amide bonds. The fourth-order valence-electron chi connectivity index (χ4n) is 8.04. The highest BCUT2D eigenvalue weighted by molar-refractivity contribution is 8.03. The predicted molar refractivity (Wildman–Crippen MR) is 155 cm³/mol. The molecule has 17 heteroatoms. The molecule has 0 saturated carbocycles. The fourth-order valence-corrected chi connectivity index (χ4v) is 13.4. The molecule has 3 aliphatic carbocycles. The Balaban J connectivity index is 1.10. The first-order valence-electron chi connectivity index (χ1n) is 14.3. The lowest BCUT2D eigenvalue weighted by atomic mass is 9.59. The van der Waals surface area contributed by atoms with Gasteiger partial charge in [0, 0.05) is 17.1 Å². The molecule has 6 aliphatic rings. The summed E-state index contributed by atoms with van der Waals surface area (Å²) < 4.78 is 129. The number of esters is 2. The van der Waals surface area contributed by atoms with Gasteiger partial charge in [-0.2, -0.15) is 17.2 Å². The van der Waals surface area contributed by atoms with E-state index in [1.807, 2.05) is 48.5 Å². The molecule has 0 radical (unpaired) electrons. The van der Waals surface area contributed by atoms with Gasteiger partial charge in [-0.1, -0.05) is 48.5 Å². The van der Waals surface area contributed by atoms with Gasteiger partial charge in [-0.3, -0.25) is 14.1 Å². The average molecular weight is 712 g/mol. The number of sulfonamides is 1. The van der Waals surface area contributed by atoms with Gasteiger partial charge < -0.3 is 9.47 Å². The standard InChI is InChI=1S/C30H21F4NO9S3/c31-18-20(33)28(47(40,41)42)21(34)19(32)23(18)43-30(37)17-25-24(22-26(45-25)27(17)46(38,39)35-22)44-29(36)15-9-14-10-5-1-3-7-12(10)16(15)13-8-4-2-6-11(13)14/h1-8,14-17,22,24-27,35H,9H2,(H,40,41,42). The molecule has 2 N–H and O–H groups in total. The Hall–Kier alpha value is -3.51. The van der Waals surface area contributed by atoms with Crippen LogP contribution >= 0.6 is 11.8 Å². The summed E-state index contributed by atoms with van der Waals surface area (Å²) in [6.45, 7) is 0. The molecule has 4 bridgehead atoms. The summed E-state index contributed by atoms with van der Waals surface area (Å²) in [5.41, 5.74) is 4.14. The molecule has 246 valence electrons. The highest BCUT2D eigenvalue weighted by Gasteiger charge is 2.72. The van der Waals surface area contributed by atoms with Crippen LogP contribution < -0.4 is 9.46 Å². The maximum absolute atomic E-state index is 14.7. The minimum absolute atomic E-state index is 0.0887. The van der Waals surface area contributed by atoms with Gasteiger partial charge in [0.15, 0.2) is 16.5 Å². The second kappa shape index (κ2) is 10.2. The van der Waals surface area contributed by atoms with E-state index in [1.54, 1.807) is 0 Å². The third-order valence-corrected chi connectivity index (χ3v) is 14.5. The SMILES string of the molecule is O=C(OC1C2NS(=O)(=O)C3C2SC1C3C(=O)Oc1c(F)c(F)c(S(=O)(=O)O)c(F)c1F)C1CC2c3ccccc3C1c1ccccc12. The Labute approximate surface area is 268 Å². The van der Waals surface area contributed by atoms with Gasteiger partial charge in [0.2, 0.25) is 27.4 Å². The largest absolute Gasteiger partial charge is 0.459 e. The van der Waals surface area contributed by atoms with E-state index in [0.29, 0.717) is 6.42 Å². The Kier molecular flexibility index (Phi) is 6.71. The minimum atomic E-state index is -5.77. The molecule has 0 spiro atoms. The van der Waals surface area contributed by atoms with E-state index >= 15 is 0 Å². The first-order chi connectivity index (χ1) is 22.2. The van der Waals surface area contributed by atoms with Gasteiger partial charge in [-0.15, -0.1) is 11.8 Å². The molecule has 3 aromatic carbocycles. The molecule has 47 heavy (non-hydrogen) atoms. The highest BCUT2D eigenvalue weighted by atomic mass is 32.2. The van der Waals surface area contributed by atoms with Crippen molar-refractivity contribution in [3.05, 3.63) is 94.1 Å². The van der Waals surface area contributed by atoms with E-state index in [0.717, 1.165) is 34.0 Å². The van der Waals surface area contributed by atoms with Crippen LogP contribution in [0.2, 0.25) is 0 Å². The van der Waals surface area contributed by atoms with Crippen molar-refractivity contribution in [1.29, 1.82) is 0 Å². The summed E-state index contributed by atoms with van der Waals surface area (Å²) in [7, 11) is -10.0. The quantitative estimate of drug-likeness (QED) is 0.133.